The first-order chi connectivity index (χ1) is 11.6. The number of thiophene rings is 1. The van der Waals surface area contributed by atoms with Crippen molar-refractivity contribution >= 4 is 29.7 Å². The van der Waals surface area contributed by atoms with Crippen LogP contribution in [-0.2, 0) is 13.6 Å². The summed E-state index contributed by atoms with van der Waals surface area (Å²) in [6.07, 6.45) is 3.49. The number of nitrogens with one attached hydrogen (secondary N) is 1. The van der Waals surface area contributed by atoms with Crippen LogP contribution in [0.2, 0.25) is 0 Å². The maximum atomic E-state index is 13.3. The van der Waals surface area contributed by atoms with Crippen LogP contribution < -0.4 is 5.32 Å². The molecule has 1 saturated heterocycles. The average molecular weight is 381 g/mol. The third-order valence-electron chi connectivity index (χ3n) is 5.54. The second-order valence-corrected chi connectivity index (χ2v) is 7.97. The summed E-state index contributed by atoms with van der Waals surface area (Å²) in [6, 6.07) is 4.39. The van der Waals surface area contributed by atoms with Crippen molar-refractivity contribution in [3.8, 4) is 0 Å². The third kappa shape index (κ3) is 3.48. The van der Waals surface area contributed by atoms with E-state index in [0.717, 1.165) is 25.2 Å². The molecule has 136 valence electrons. The second kappa shape index (κ2) is 7.09. The molecule has 1 N–H and O–H groups in total. The Kier molecular flexibility index (Phi) is 5.23. The molecular formula is C18H25ClN4OS. The van der Waals surface area contributed by atoms with Gasteiger partial charge in [-0.1, -0.05) is 0 Å². The first kappa shape index (κ1) is 18.4. The zero-order valence-electron chi connectivity index (χ0n) is 14.7. The Labute approximate surface area is 158 Å². The Morgan fingerprint density at radius 1 is 1.48 bits per heavy atom. The van der Waals surface area contributed by atoms with Gasteiger partial charge in [0.05, 0.1) is 5.69 Å². The zero-order valence-corrected chi connectivity index (χ0v) is 16.3. The van der Waals surface area contributed by atoms with Gasteiger partial charge in [-0.2, -0.15) is 16.4 Å². The summed E-state index contributed by atoms with van der Waals surface area (Å²) in [7, 11) is 1.86. The highest BCUT2D eigenvalue weighted by Crippen LogP contribution is 2.56. The Balaban J connectivity index is 0.00000182. The molecule has 1 atom stereocenters. The highest BCUT2D eigenvalue weighted by molar-refractivity contribution is 7.07. The van der Waals surface area contributed by atoms with Crippen LogP contribution in [0.4, 0.5) is 0 Å². The van der Waals surface area contributed by atoms with Gasteiger partial charge in [0.25, 0.3) is 5.91 Å². The van der Waals surface area contributed by atoms with Gasteiger partial charge in [-0.25, -0.2) is 0 Å². The minimum absolute atomic E-state index is 0. The first-order valence-electron chi connectivity index (χ1n) is 8.62. The summed E-state index contributed by atoms with van der Waals surface area (Å²) in [6.45, 7) is 4.78. The van der Waals surface area contributed by atoms with Crippen molar-refractivity contribution in [2.75, 3.05) is 13.1 Å². The minimum atomic E-state index is 0. The number of nitrogens with zero attached hydrogens (tertiary/aromatic N) is 3. The van der Waals surface area contributed by atoms with E-state index in [2.05, 4.69) is 32.1 Å². The van der Waals surface area contributed by atoms with Crippen LogP contribution in [0.3, 0.4) is 0 Å². The molecule has 1 saturated carbocycles. The lowest BCUT2D eigenvalue weighted by Gasteiger charge is -2.29. The van der Waals surface area contributed by atoms with Gasteiger partial charge in [-0.15, -0.1) is 12.4 Å². The summed E-state index contributed by atoms with van der Waals surface area (Å²) < 4.78 is 1.72. The maximum Gasteiger partial charge on any atom is 0.272 e. The highest BCUT2D eigenvalue weighted by atomic mass is 35.5. The Morgan fingerprint density at radius 2 is 2.24 bits per heavy atom. The zero-order chi connectivity index (χ0) is 16.7. The molecule has 25 heavy (non-hydrogen) atoms. The van der Waals surface area contributed by atoms with Crippen molar-refractivity contribution in [1.29, 1.82) is 0 Å². The van der Waals surface area contributed by atoms with Crippen LogP contribution >= 0.6 is 23.7 Å². The maximum absolute atomic E-state index is 13.3. The fraction of sp³-hybridized carbons (Fsp3) is 0.556. The van der Waals surface area contributed by atoms with E-state index in [1.807, 2.05) is 20.0 Å². The van der Waals surface area contributed by atoms with Crippen LogP contribution in [0.1, 0.15) is 41.0 Å². The Morgan fingerprint density at radius 3 is 2.84 bits per heavy atom. The number of hydrogen-bond donors (Lipinski definition) is 1. The molecule has 2 aromatic rings. The summed E-state index contributed by atoms with van der Waals surface area (Å²) in [5.41, 5.74) is 3.15. The van der Waals surface area contributed by atoms with Gasteiger partial charge in [0.15, 0.2) is 0 Å². The predicted molar refractivity (Wildman–Crippen MR) is 102 cm³/mol. The van der Waals surface area contributed by atoms with Gasteiger partial charge in [0.1, 0.15) is 5.69 Å². The highest BCUT2D eigenvalue weighted by Gasteiger charge is 2.57. The number of piperidine rings is 1. The van der Waals surface area contributed by atoms with E-state index in [1.165, 1.54) is 18.4 Å². The average Bonchev–Trinajstić information content (AvgIpc) is 2.92. The number of hydrogen-bond acceptors (Lipinski definition) is 4. The van der Waals surface area contributed by atoms with E-state index in [1.54, 1.807) is 16.0 Å². The Bertz CT molecular complexity index is 736. The normalized spacial score (nSPS) is 21.0. The topological polar surface area (TPSA) is 50.2 Å². The molecule has 1 unspecified atom stereocenters. The number of halogens is 1. The predicted octanol–water partition coefficient (Wildman–Crippen LogP) is 3.00. The summed E-state index contributed by atoms with van der Waals surface area (Å²) >= 11 is 1.69. The smallest absolute Gasteiger partial charge is 0.272 e. The van der Waals surface area contributed by atoms with E-state index in [0.29, 0.717) is 23.7 Å². The van der Waals surface area contributed by atoms with Crippen molar-refractivity contribution in [1.82, 2.24) is 20.0 Å². The number of amides is 1. The fourth-order valence-corrected chi connectivity index (χ4v) is 4.75. The van der Waals surface area contributed by atoms with Crippen LogP contribution in [0.15, 0.2) is 22.9 Å². The molecule has 1 aliphatic heterocycles. The van der Waals surface area contributed by atoms with Gasteiger partial charge in [0, 0.05) is 19.6 Å². The largest absolute Gasteiger partial charge is 0.329 e. The van der Waals surface area contributed by atoms with Crippen LogP contribution in [0, 0.1) is 12.3 Å². The summed E-state index contributed by atoms with van der Waals surface area (Å²) in [5.74, 6) is 0.115. The monoisotopic (exact) mass is 380 g/mol. The van der Waals surface area contributed by atoms with E-state index >= 15 is 0 Å². The van der Waals surface area contributed by atoms with Gasteiger partial charge < -0.3 is 10.2 Å². The van der Waals surface area contributed by atoms with E-state index in [4.69, 9.17) is 0 Å². The molecule has 5 nitrogen and oxygen atoms in total. The van der Waals surface area contributed by atoms with Gasteiger partial charge in [-0.05, 0) is 73.1 Å². The fourth-order valence-electron chi connectivity index (χ4n) is 4.09. The lowest BCUT2D eigenvalue weighted by molar-refractivity contribution is 0.0681. The molecule has 0 aromatic carbocycles. The Hall–Kier alpha value is -1.37. The van der Waals surface area contributed by atoms with Crippen molar-refractivity contribution < 1.29 is 4.79 Å². The van der Waals surface area contributed by atoms with Gasteiger partial charge in [0.2, 0.25) is 0 Å². The molecule has 1 aliphatic carbocycles. The van der Waals surface area contributed by atoms with Crippen molar-refractivity contribution in [2.24, 2.45) is 12.5 Å². The lowest BCUT2D eigenvalue weighted by Crippen LogP contribution is -2.39. The van der Waals surface area contributed by atoms with Crippen LogP contribution in [-0.4, -0.2) is 39.7 Å². The summed E-state index contributed by atoms with van der Waals surface area (Å²) in [5, 5.41) is 12.0. The molecule has 2 fully saturated rings. The second-order valence-electron chi connectivity index (χ2n) is 7.19. The number of carbonyl (C=O) groups excluding carboxylic acids is 1. The molecule has 3 heterocycles. The third-order valence-corrected chi connectivity index (χ3v) is 6.27. The quantitative estimate of drug-likeness (QED) is 0.887. The van der Waals surface area contributed by atoms with Crippen molar-refractivity contribution in [3.05, 3.63) is 39.8 Å². The lowest BCUT2D eigenvalue weighted by atomic mass is 9.93. The standard InChI is InChI=1S/C18H24N4OS.ClH/c1-13-9-15(21(2)20-13)17(23)22(11-14-3-8-24-12-14)16-10-18(16)4-6-19-7-5-18;/h3,8-9,12,16,19H,4-7,10-11H2,1-2H3;1H. The number of carbonyl (C=O) groups is 1. The van der Waals surface area contributed by atoms with E-state index in [-0.39, 0.29) is 18.3 Å². The molecule has 0 radical (unpaired) electrons. The number of aromatic nitrogens is 2. The number of aryl methyl sites for hydroxylation is 2. The molecule has 4 rings (SSSR count). The van der Waals surface area contributed by atoms with Gasteiger partial charge in [-0.3, -0.25) is 9.48 Å². The molecule has 1 amide bonds. The van der Waals surface area contributed by atoms with Gasteiger partial charge >= 0.3 is 0 Å². The molecule has 2 aliphatic rings. The van der Waals surface area contributed by atoms with Crippen LogP contribution in [0.25, 0.3) is 0 Å². The molecule has 2 aromatic heterocycles. The van der Waals surface area contributed by atoms with Crippen molar-refractivity contribution in [2.45, 2.75) is 38.8 Å². The molecular weight excluding hydrogens is 356 g/mol. The SMILES string of the molecule is Cc1cc(C(=O)N(Cc2ccsc2)C2CC23CCNCC3)n(C)n1.Cl. The molecule has 0 bridgehead atoms. The van der Waals surface area contributed by atoms with Crippen molar-refractivity contribution in [3.63, 3.8) is 0 Å². The van der Waals surface area contributed by atoms with E-state index < -0.39 is 0 Å². The van der Waals surface area contributed by atoms with Crippen LogP contribution in [0.5, 0.6) is 0 Å². The number of rotatable bonds is 4. The minimum Gasteiger partial charge on any atom is -0.329 e. The molecule has 7 heteroatoms. The molecule has 1 spiro atoms. The first-order valence-corrected chi connectivity index (χ1v) is 9.57. The summed E-state index contributed by atoms with van der Waals surface area (Å²) in [4.78, 5) is 15.4. The van der Waals surface area contributed by atoms with E-state index in [9.17, 15) is 4.79 Å².